The summed E-state index contributed by atoms with van der Waals surface area (Å²) in [4.78, 5) is 26.6. The molecule has 6 heteroatoms. The molecule has 2 aliphatic rings. The normalized spacial score (nSPS) is 24.0. The maximum Gasteiger partial charge on any atom is 0.255 e. The van der Waals surface area contributed by atoms with Crippen LogP contribution in [0.3, 0.4) is 0 Å². The molecule has 0 aliphatic carbocycles. The zero-order chi connectivity index (χ0) is 16.9. The van der Waals surface area contributed by atoms with Gasteiger partial charge < -0.3 is 15.5 Å². The number of carbonyl (C=O) groups excluding carboxylic acids is 2. The highest BCUT2D eigenvalue weighted by atomic mass is 35.5. The van der Waals surface area contributed by atoms with Gasteiger partial charge in [0.1, 0.15) is 0 Å². The quantitative estimate of drug-likeness (QED) is 0.874. The zero-order valence-corrected chi connectivity index (χ0v) is 14.5. The topological polar surface area (TPSA) is 61.4 Å². The molecule has 1 aromatic carbocycles. The minimum Gasteiger partial charge on any atom is -0.354 e. The van der Waals surface area contributed by atoms with Crippen LogP contribution in [0.5, 0.6) is 0 Å². The monoisotopic (exact) mass is 349 g/mol. The first-order valence-electron chi connectivity index (χ1n) is 8.70. The van der Waals surface area contributed by atoms with Crippen LogP contribution in [0.2, 0.25) is 5.02 Å². The Bertz CT molecular complexity index is 602. The Kier molecular flexibility index (Phi) is 5.74. The molecule has 2 amide bonds. The number of likely N-dealkylation sites (tertiary alicyclic amines) is 1. The Morgan fingerprint density at radius 1 is 1.25 bits per heavy atom. The van der Waals surface area contributed by atoms with Crippen molar-refractivity contribution >= 4 is 23.4 Å². The SMILES string of the molecule is O=C(NCC1CCCN(C(=O)c2ccccc2Cl)C1)C1CCCN1. The molecular formula is C18H24ClN3O2. The molecule has 2 aliphatic heterocycles. The summed E-state index contributed by atoms with van der Waals surface area (Å²) < 4.78 is 0. The van der Waals surface area contributed by atoms with E-state index in [1.807, 2.05) is 17.0 Å². The standard InChI is InChI=1S/C18H24ClN3O2/c19-15-7-2-1-6-14(15)18(24)22-10-4-5-13(12-22)11-21-17(23)16-8-3-9-20-16/h1-2,6-7,13,16,20H,3-5,8-12H2,(H,21,23). The van der Waals surface area contributed by atoms with Gasteiger partial charge in [-0.15, -0.1) is 0 Å². The highest BCUT2D eigenvalue weighted by Gasteiger charge is 2.27. The van der Waals surface area contributed by atoms with Crippen LogP contribution in [0.15, 0.2) is 24.3 Å². The molecule has 2 heterocycles. The fraction of sp³-hybridized carbons (Fsp3) is 0.556. The fourth-order valence-electron chi connectivity index (χ4n) is 3.50. The summed E-state index contributed by atoms with van der Waals surface area (Å²) in [5.41, 5.74) is 0.555. The van der Waals surface area contributed by atoms with Crippen LogP contribution in [-0.4, -0.2) is 48.9 Å². The lowest BCUT2D eigenvalue weighted by atomic mass is 9.97. The van der Waals surface area contributed by atoms with Crippen molar-refractivity contribution in [2.75, 3.05) is 26.2 Å². The molecule has 0 saturated carbocycles. The Hall–Kier alpha value is -1.59. The van der Waals surface area contributed by atoms with Gasteiger partial charge in [-0.1, -0.05) is 23.7 Å². The van der Waals surface area contributed by atoms with E-state index in [0.29, 0.717) is 29.6 Å². The summed E-state index contributed by atoms with van der Waals surface area (Å²) in [5.74, 6) is 0.367. The first-order valence-corrected chi connectivity index (χ1v) is 9.08. The highest BCUT2D eigenvalue weighted by Crippen LogP contribution is 2.22. The third-order valence-corrected chi connectivity index (χ3v) is 5.18. The van der Waals surface area contributed by atoms with Gasteiger partial charge in [-0.2, -0.15) is 0 Å². The fourth-order valence-corrected chi connectivity index (χ4v) is 3.71. The third-order valence-electron chi connectivity index (χ3n) is 4.85. The van der Waals surface area contributed by atoms with E-state index in [-0.39, 0.29) is 17.9 Å². The third kappa shape index (κ3) is 4.08. The lowest BCUT2D eigenvalue weighted by Gasteiger charge is -2.33. The van der Waals surface area contributed by atoms with Crippen molar-refractivity contribution in [3.63, 3.8) is 0 Å². The maximum atomic E-state index is 12.7. The Morgan fingerprint density at radius 3 is 2.83 bits per heavy atom. The molecule has 24 heavy (non-hydrogen) atoms. The second-order valence-corrected chi connectivity index (χ2v) is 7.04. The Balaban J connectivity index is 1.53. The molecule has 0 spiro atoms. The molecule has 3 rings (SSSR count). The molecular weight excluding hydrogens is 326 g/mol. The first kappa shape index (κ1) is 17.2. The zero-order valence-electron chi connectivity index (χ0n) is 13.8. The van der Waals surface area contributed by atoms with Crippen LogP contribution in [0.4, 0.5) is 0 Å². The smallest absolute Gasteiger partial charge is 0.255 e. The molecule has 2 fully saturated rings. The van der Waals surface area contributed by atoms with Gasteiger partial charge in [0.25, 0.3) is 5.91 Å². The van der Waals surface area contributed by atoms with Gasteiger partial charge in [-0.05, 0) is 50.3 Å². The number of hydrogen-bond acceptors (Lipinski definition) is 3. The van der Waals surface area contributed by atoms with E-state index in [2.05, 4.69) is 10.6 Å². The number of nitrogens with one attached hydrogen (secondary N) is 2. The van der Waals surface area contributed by atoms with Gasteiger partial charge in [0.2, 0.25) is 5.91 Å². The molecule has 5 nitrogen and oxygen atoms in total. The minimum atomic E-state index is -0.0468. The van der Waals surface area contributed by atoms with E-state index in [4.69, 9.17) is 11.6 Å². The average Bonchev–Trinajstić information content (AvgIpc) is 3.14. The van der Waals surface area contributed by atoms with Gasteiger partial charge in [0.05, 0.1) is 16.6 Å². The maximum absolute atomic E-state index is 12.7. The first-order chi connectivity index (χ1) is 11.6. The molecule has 2 saturated heterocycles. The van der Waals surface area contributed by atoms with Crippen LogP contribution in [-0.2, 0) is 4.79 Å². The van der Waals surface area contributed by atoms with Gasteiger partial charge in [-0.25, -0.2) is 0 Å². The second-order valence-electron chi connectivity index (χ2n) is 6.63. The summed E-state index contributed by atoms with van der Waals surface area (Å²) in [6.45, 7) is 2.96. The van der Waals surface area contributed by atoms with E-state index in [9.17, 15) is 9.59 Å². The molecule has 2 unspecified atom stereocenters. The second kappa shape index (κ2) is 7.99. The predicted molar refractivity (Wildman–Crippen MR) is 94.1 cm³/mol. The van der Waals surface area contributed by atoms with Crippen molar-refractivity contribution in [3.05, 3.63) is 34.9 Å². The number of nitrogens with zero attached hydrogens (tertiary/aromatic N) is 1. The number of benzene rings is 1. The lowest BCUT2D eigenvalue weighted by Crippen LogP contribution is -2.46. The van der Waals surface area contributed by atoms with Crippen LogP contribution in [0.25, 0.3) is 0 Å². The van der Waals surface area contributed by atoms with Crippen molar-refractivity contribution < 1.29 is 9.59 Å². The molecule has 2 atom stereocenters. The number of amides is 2. The molecule has 130 valence electrons. The van der Waals surface area contributed by atoms with Crippen molar-refractivity contribution in [2.45, 2.75) is 31.7 Å². The van der Waals surface area contributed by atoms with Crippen molar-refractivity contribution in [2.24, 2.45) is 5.92 Å². The summed E-state index contributed by atoms with van der Waals surface area (Å²) >= 11 is 6.14. The van der Waals surface area contributed by atoms with Gasteiger partial charge in [-0.3, -0.25) is 9.59 Å². The summed E-state index contributed by atoms with van der Waals surface area (Å²) in [6, 6.07) is 7.11. The Labute approximate surface area is 147 Å². The van der Waals surface area contributed by atoms with Gasteiger partial charge in [0.15, 0.2) is 0 Å². The molecule has 2 N–H and O–H groups in total. The van der Waals surface area contributed by atoms with E-state index >= 15 is 0 Å². The number of halogens is 1. The van der Waals surface area contributed by atoms with Crippen LogP contribution in [0, 0.1) is 5.92 Å². The van der Waals surface area contributed by atoms with E-state index in [0.717, 1.165) is 38.8 Å². The number of hydrogen-bond donors (Lipinski definition) is 2. The summed E-state index contributed by atoms with van der Waals surface area (Å²) in [6.07, 6.45) is 3.96. The van der Waals surface area contributed by atoms with Crippen LogP contribution in [0.1, 0.15) is 36.0 Å². The highest BCUT2D eigenvalue weighted by molar-refractivity contribution is 6.33. The van der Waals surface area contributed by atoms with E-state index < -0.39 is 0 Å². The van der Waals surface area contributed by atoms with E-state index in [1.165, 1.54) is 0 Å². The summed E-state index contributed by atoms with van der Waals surface area (Å²) in [7, 11) is 0. The largest absolute Gasteiger partial charge is 0.354 e. The molecule has 0 radical (unpaired) electrons. The van der Waals surface area contributed by atoms with Gasteiger partial charge in [0, 0.05) is 19.6 Å². The number of rotatable bonds is 4. The predicted octanol–water partition coefficient (Wildman–Crippen LogP) is 2.06. The van der Waals surface area contributed by atoms with Crippen molar-refractivity contribution in [1.82, 2.24) is 15.5 Å². The average molecular weight is 350 g/mol. The lowest BCUT2D eigenvalue weighted by molar-refractivity contribution is -0.123. The molecule has 0 aromatic heterocycles. The number of carbonyl (C=O) groups is 2. The van der Waals surface area contributed by atoms with Gasteiger partial charge >= 0.3 is 0 Å². The van der Waals surface area contributed by atoms with Crippen LogP contribution < -0.4 is 10.6 Å². The molecule has 1 aromatic rings. The minimum absolute atomic E-state index is 0.0194. The van der Waals surface area contributed by atoms with E-state index in [1.54, 1.807) is 12.1 Å². The molecule has 0 bridgehead atoms. The number of piperidine rings is 1. The van der Waals surface area contributed by atoms with Crippen molar-refractivity contribution in [3.8, 4) is 0 Å². The van der Waals surface area contributed by atoms with Crippen molar-refractivity contribution in [1.29, 1.82) is 0 Å². The summed E-state index contributed by atoms with van der Waals surface area (Å²) in [5, 5.41) is 6.74. The van der Waals surface area contributed by atoms with Crippen LogP contribution >= 0.6 is 11.6 Å². The Morgan fingerprint density at radius 2 is 2.08 bits per heavy atom.